The molecule has 0 radical (unpaired) electrons. The fourth-order valence-electron chi connectivity index (χ4n) is 2.36. The molecule has 0 heterocycles. The number of carbonyl (C=O) groups is 1. The minimum atomic E-state index is -4.55. The van der Waals surface area contributed by atoms with Gasteiger partial charge < -0.3 is 10.4 Å². The number of benzene rings is 2. The zero-order chi connectivity index (χ0) is 20.9. The number of aliphatic hydroxyl groups is 1. The molecule has 0 saturated carbocycles. The molecule has 0 aliphatic carbocycles. The highest BCUT2D eigenvalue weighted by Crippen LogP contribution is 2.24. The topological polar surface area (TPSA) is 86.7 Å². The average molecular weight is 416 g/mol. The van der Waals surface area contributed by atoms with Gasteiger partial charge in [-0.25, -0.2) is 8.42 Å². The molecule has 0 aromatic heterocycles. The first-order chi connectivity index (χ1) is 13.0. The summed E-state index contributed by atoms with van der Waals surface area (Å²) in [6.07, 6.45) is -5.49. The van der Waals surface area contributed by atoms with Crippen LogP contribution in [0.15, 0.2) is 59.5 Å². The van der Waals surface area contributed by atoms with Crippen molar-refractivity contribution in [3.05, 3.63) is 60.2 Å². The lowest BCUT2D eigenvalue weighted by Gasteiger charge is -2.25. The van der Waals surface area contributed by atoms with Gasteiger partial charge in [-0.15, -0.1) is 0 Å². The van der Waals surface area contributed by atoms with Crippen LogP contribution >= 0.6 is 0 Å². The summed E-state index contributed by atoms with van der Waals surface area (Å²) in [6, 6.07) is 12.7. The zero-order valence-corrected chi connectivity index (χ0v) is 15.7. The summed E-state index contributed by atoms with van der Waals surface area (Å²) in [5.74, 6) is -0.967. The van der Waals surface area contributed by atoms with Crippen LogP contribution in [0.5, 0.6) is 0 Å². The van der Waals surface area contributed by atoms with Crippen LogP contribution in [0, 0.1) is 0 Å². The van der Waals surface area contributed by atoms with E-state index < -0.39 is 34.8 Å². The Labute approximate surface area is 160 Å². The van der Waals surface area contributed by atoms with Gasteiger partial charge in [0, 0.05) is 5.56 Å². The van der Waals surface area contributed by atoms with E-state index in [1.165, 1.54) is 6.92 Å². The van der Waals surface area contributed by atoms with E-state index in [1.807, 2.05) is 0 Å². The fourth-order valence-corrected chi connectivity index (χ4v) is 3.91. The van der Waals surface area contributed by atoms with Crippen molar-refractivity contribution in [2.24, 2.45) is 0 Å². The lowest BCUT2D eigenvalue weighted by atomic mass is 10.2. The minimum Gasteiger partial charge on any atom is -0.392 e. The lowest BCUT2D eigenvalue weighted by Crippen LogP contribution is -2.36. The first kappa shape index (κ1) is 21.7. The molecule has 2 rings (SSSR count). The lowest BCUT2D eigenvalue weighted by molar-refractivity contribution is -0.123. The molecular weight excluding hydrogens is 397 g/mol. The van der Waals surface area contributed by atoms with Crippen LogP contribution in [0.2, 0.25) is 0 Å². The van der Waals surface area contributed by atoms with E-state index in [9.17, 15) is 31.5 Å². The van der Waals surface area contributed by atoms with Crippen LogP contribution in [-0.4, -0.2) is 44.8 Å². The Bertz CT molecular complexity index is 899. The van der Waals surface area contributed by atoms with Crippen molar-refractivity contribution in [2.45, 2.75) is 24.1 Å². The minimum absolute atomic E-state index is 0.106. The van der Waals surface area contributed by atoms with Gasteiger partial charge in [0.25, 0.3) is 15.9 Å². The number of rotatable bonds is 7. The molecule has 2 aromatic carbocycles. The van der Waals surface area contributed by atoms with Gasteiger partial charge in [0.2, 0.25) is 0 Å². The molecule has 1 atom stereocenters. The third kappa shape index (κ3) is 5.70. The van der Waals surface area contributed by atoms with E-state index in [0.29, 0.717) is 5.69 Å². The number of halogens is 3. The summed E-state index contributed by atoms with van der Waals surface area (Å²) in [7, 11) is -4.07. The maximum atomic E-state index is 13.0. The zero-order valence-electron chi connectivity index (χ0n) is 14.8. The third-order valence-corrected chi connectivity index (χ3v) is 5.44. The molecule has 1 amide bonds. The standard InChI is InChI=1S/C18H19F3N2O4S/c1-13(24)11-23(15-5-3-2-4-6-15)28(26,27)16-9-7-14(8-10-16)17(25)22-12-18(19,20)21/h2-10,13,24H,11-12H2,1H3,(H,22,25)/t13-/m0/s1. The van der Waals surface area contributed by atoms with Gasteiger partial charge in [0.15, 0.2) is 0 Å². The Morgan fingerprint density at radius 1 is 1.11 bits per heavy atom. The van der Waals surface area contributed by atoms with Crippen molar-refractivity contribution < 1.29 is 31.5 Å². The Balaban J connectivity index is 2.27. The molecule has 152 valence electrons. The van der Waals surface area contributed by atoms with Crippen LogP contribution in [0.25, 0.3) is 0 Å². The molecule has 0 fully saturated rings. The number of hydrogen-bond donors (Lipinski definition) is 2. The molecule has 10 heteroatoms. The summed E-state index contributed by atoms with van der Waals surface area (Å²) >= 11 is 0. The second-order valence-electron chi connectivity index (χ2n) is 6.04. The number of carbonyl (C=O) groups excluding carboxylic acids is 1. The second-order valence-corrected chi connectivity index (χ2v) is 7.91. The maximum Gasteiger partial charge on any atom is 0.405 e. The van der Waals surface area contributed by atoms with Gasteiger partial charge in [-0.05, 0) is 43.3 Å². The Kier molecular flexibility index (Phi) is 6.68. The van der Waals surface area contributed by atoms with Crippen LogP contribution < -0.4 is 9.62 Å². The molecule has 0 bridgehead atoms. The van der Waals surface area contributed by atoms with Gasteiger partial charge in [-0.3, -0.25) is 9.10 Å². The van der Waals surface area contributed by atoms with E-state index in [1.54, 1.807) is 35.6 Å². The quantitative estimate of drug-likeness (QED) is 0.726. The predicted octanol–water partition coefficient (Wildman–Crippen LogP) is 2.55. The van der Waals surface area contributed by atoms with Crippen molar-refractivity contribution in [3.63, 3.8) is 0 Å². The molecule has 0 aliphatic rings. The first-order valence-electron chi connectivity index (χ1n) is 8.21. The Morgan fingerprint density at radius 2 is 1.68 bits per heavy atom. The number of alkyl halides is 3. The number of anilines is 1. The summed E-state index contributed by atoms with van der Waals surface area (Å²) < 4.78 is 63.5. The van der Waals surface area contributed by atoms with E-state index in [-0.39, 0.29) is 17.0 Å². The fraction of sp³-hybridized carbons (Fsp3) is 0.278. The number of hydrogen-bond acceptors (Lipinski definition) is 4. The molecule has 6 nitrogen and oxygen atoms in total. The van der Waals surface area contributed by atoms with E-state index in [4.69, 9.17) is 0 Å². The highest BCUT2D eigenvalue weighted by molar-refractivity contribution is 7.92. The van der Waals surface area contributed by atoms with Gasteiger partial charge in [0.05, 0.1) is 23.2 Å². The molecule has 0 aliphatic heterocycles. The van der Waals surface area contributed by atoms with Gasteiger partial charge in [-0.1, -0.05) is 18.2 Å². The SMILES string of the molecule is C[C@H](O)CN(c1ccccc1)S(=O)(=O)c1ccc(C(=O)NCC(F)(F)F)cc1. The Hall–Kier alpha value is -2.59. The number of sulfonamides is 1. The predicted molar refractivity (Wildman–Crippen MR) is 97.5 cm³/mol. The monoisotopic (exact) mass is 416 g/mol. The Morgan fingerprint density at radius 3 is 2.18 bits per heavy atom. The summed E-state index contributed by atoms with van der Waals surface area (Å²) in [5.41, 5.74) is 0.236. The van der Waals surface area contributed by atoms with Crippen LogP contribution in [0.1, 0.15) is 17.3 Å². The average Bonchev–Trinajstić information content (AvgIpc) is 2.64. The van der Waals surface area contributed by atoms with Crippen molar-refractivity contribution in [2.75, 3.05) is 17.4 Å². The second kappa shape index (κ2) is 8.61. The normalized spacial score (nSPS) is 13.0. The van der Waals surface area contributed by atoms with Crippen molar-refractivity contribution in [3.8, 4) is 0 Å². The summed E-state index contributed by atoms with van der Waals surface area (Å²) in [5, 5.41) is 11.4. The molecule has 2 N–H and O–H groups in total. The van der Waals surface area contributed by atoms with Gasteiger partial charge in [0.1, 0.15) is 6.54 Å². The van der Waals surface area contributed by atoms with Crippen LogP contribution in [0.4, 0.5) is 18.9 Å². The van der Waals surface area contributed by atoms with Crippen molar-refractivity contribution in [1.82, 2.24) is 5.32 Å². The van der Waals surface area contributed by atoms with E-state index >= 15 is 0 Å². The molecule has 0 saturated heterocycles. The van der Waals surface area contributed by atoms with Crippen LogP contribution in [0.3, 0.4) is 0 Å². The highest BCUT2D eigenvalue weighted by Gasteiger charge is 2.29. The smallest absolute Gasteiger partial charge is 0.392 e. The van der Waals surface area contributed by atoms with Crippen molar-refractivity contribution >= 4 is 21.6 Å². The molecule has 0 spiro atoms. The number of amides is 1. The highest BCUT2D eigenvalue weighted by atomic mass is 32.2. The van der Waals surface area contributed by atoms with E-state index in [2.05, 4.69) is 0 Å². The first-order valence-corrected chi connectivity index (χ1v) is 9.65. The van der Waals surface area contributed by atoms with Crippen LogP contribution in [-0.2, 0) is 10.0 Å². The molecule has 28 heavy (non-hydrogen) atoms. The summed E-state index contributed by atoms with van der Waals surface area (Å²) in [4.78, 5) is 11.6. The van der Waals surface area contributed by atoms with Gasteiger partial charge in [-0.2, -0.15) is 13.2 Å². The largest absolute Gasteiger partial charge is 0.405 e. The molecule has 0 unspecified atom stereocenters. The van der Waals surface area contributed by atoms with E-state index in [0.717, 1.165) is 28.6 Å². The maximum absolute atomic E-state index is 13.0. The number of aliphatic hydroxyl groups excluding tert-OH is 1. The number of para-hydroxylation sites is 1. The van der Waals surface area contributed by atoms with Gasteiger partial charge >= 0.3 is 6.18 Å². The third-order valence-electron chi connectivity index (χ3n) is 3.63. The van der Waals surface area contributed by atoms with Crippen molar-refractivity contribution in [1.29, 1.82) is 0 Å². The summed E-state index contributed by atoms with van der Waals surface area (Å²) in [6.45, 7) is -0.234. The molecular formula is C18H19F3N2O4S. The molecule has 2 aromatic rings. The number of nitrogens with one attached hydrogen (secondary N) is 1. The number of nitrogens with zero attached hydrogens (tertiary/aromatic N) is 1.